The van der Waals surface area contributed by atoms with Crippen molar-refractivity contribution >= 4 is 5.96 Å². The summed E-state index contributed by atoms with van der Waals surface area (Å²) in [4.78, 5) is 11.5. The summed E-state index contributed by atoms with van der Waals surface area (Å²) in [5.41, 5.74) is 0.304. The number of alkyl halides is 3. The number of nitrogens with one attached hydrogen (secondary N) is 2. The quantitative estimate of drug-likeness (QED) is 0.524. The third kappa shape index (κ3) is 7.66. The van der Waals surface area contributed by atoms with Gasteiger partial charge in [-0.3, -0.25) is 9.89 Å². The molecule has 31 heavy (non-hydrogen) atoms. The highest BCUT2D eigenvalue weighted by atomic mass is 19.4. The number of hydrogen-bond acceptors (Lipinski definition) is 4. The van der Waals surface area contributed by atoms with Gasteiger partial charge in [0.15, 0.2) is 5.96 Å². The molecule has 0 spiro atoms. The zero-order chi connectivity index (χ0) is 22.3. The minimum atomic E-state index is -4.28. The van der Waals surface area contributed by atoms with Crippen LogP contribution in [-0.2, 0) is 12.7 Å². The van der Waals surface area contributed by atoms with Gasteiger partial charge < -0.3 is 20.4 Å². The summed E-state index contributed by atoms with van der Waals surface area (Å²) in [6, 6.07) is 5.76. The van der Waals surface area contributed by atoms with Crippen LogP contribution >= 0.6 is 0 Å². The molecule has 3 rings (SSSR count). The molecule has 1 unspecified atom stereocenters. The minimum Gasteiger partial charge on any atom is -0.355 e. The molecule has 2 fully saturated rings. The number of likely N-dealkylation sites (tertiary alicyclic amines) is 1. The SMILES string of the molecule is CN=C(NCCN1CCCN(C)CC1)NC1CCN(Cc2ccc(C(F)(F)F)cc2)C1. The van der Waals surface area contributed by atoms with Crippen LogP contribution in [0.1, 0.15) is 24.0 Å². The summed E-state index contributed by atoms with van der Waals surface area (Å²) in [6.45, 7) is 8.79. The summed E-state index contributed by atoms with van der Waals surface area (Å²) >= 11 is 0. The van der Waals surface area contributed by atoms with Crippen molar-refractivity contribution < 1.29 is 13.2 Å². The lowest BCUT2D eigenvalue weighted by molar-refractivity contribution is -0.137. The first-order valence-electron chi connectivity index (χ1n) is 11.1. The van der Waals surface area contributed by atoms with Crippen molar-refractivity contribution in [2.75, 3.05) is 66.5 Å². The lowest BCUT2D eigenvalue weighted by atomic mass is 10.1. The summed E-state index contributed by atoms with van der Waals surface area (Å²) in [7, 11) is 3.96. The first kappa shape index (κ1) is 23.8. The third-order valence-electron chi connectivity index (χ3n) is 6.06. The number of likely N-dealkylation sites (N-methyl/N-ethyl adjacent to an activating group) is 1. The van der Waals surface area contributed by atoms with E-state index in [1.807, 2.05) is 0 Å². The average molecular weight is 441 g/mol. The minimum absolute atomic E-state index is 0.285. The molecule has 0 aromatic heterocycles. The molecular weight excluding hydrogens is 405 g/mol. The standard InChI is InChI=1S/C22H35F3N6/c1-26-21(27-9-13-30-11-3-10-29(2)14-15-30)28-20-8-12-31(17-20)16-18-4-6-19(7-5-18)22(23,24)25/h4-7,20H,3,8-17H2,1-2H3,(H2,26,27,28). The van der Waals surface area contributed by atoms with E-state index >= 15 is 0 Å². The zero-order valence-corrected chi connectivity index (χ0v) is 18.6. The molecule has 9 heteroatoms. The van der Waals surface area contributed by atoms with E-state index in [0.717, 1.165) is 82.4 Å². The molecule has 1 aromatic carbocycles. The second-order valence-corrected chi connectivity index (χ2v) is 8.56. The average Bonchev–Trinajstić information content (AvgIpc) is 3.06. The Bertz CT molecular complexity index is 706. The lowest BCUT2D eigenvalue weighted by Gasteiger charge is -2.22. The second kappa shape index (κ2) is 11.2. The van der Waals surface area contributed by atoms with Gasteiger partial charge in [-0.1, -0.05) is 12.1 Å². The maximum absolute atomic E-state index is 12.7. The van der Waals surface area contributed by atoms with E-state index in [-0.39, 0.29) is 6.04 Å². The molecule has 2 heterocycles. The summed E-state index contributed by atoms with van der Waals surface area (Å²) in [5.74, 6) is 0.813. The van der Waals surface area contributed by atoms with Gasteiger partial charge in [-0.2, -0.15) is 13.2 Å². The van der Waals surface area contributed by atoms with Crippen molar-refractivity contribution in [1.82, 2.24) is 25.3 Å². The van der Waals surface area contributed by atoms with Crippen LogP contribution in [0.25, 0.3) is 0 Å². The molecule has 174 valence electrons. The number of rotatable bonds is 6. The number of halogens is 3. The number of hydrogen-bond donors (Lipinski definition) is 2. The van der Waals surface area contributed by atoms with E-state index in [9.17, 15) is 13.2 Å². The third-order valence-corrected chi connectivity index (χ3v) is 6.06. The van der Waals surface area contributed by atoms with Gasteiger partial charge >= 0.3 is 6.18 Å². The summed E-state index contributed by atoms with van der Waals surface area (Å²) in [5, 5.41) is 6.91. The van der Waals surface area contributed by atoms with Crippen LogP contribution < -0.4 is 10.6 Å². The van der Waals surface area contributed by atoms with Gasteiger partial charge in [0.1, 0.15) is 0 Å². The fraction of sp³-hybridized carbons (Fsp3) is 0.682. The van der Waals surface area contributed by atoms with E-state index in [1.54, 1.807) is 19.2 Å². The van der Waals surface area contributed by atoms with Gasteiger partial charge in [0.25, 0.3) is 0 Å². The van der Waals surface area contributed by atoms with Gasteiger partial charge in [0.05, 0.1) is 5.56 Å². The van der Waals surface area contributed by atoms with E-state index in [0.29, 0.717) is 6.54 Å². The second-order valence-electron chi connectivity index (χ2n) is 8.56. The number of aliphatic imine (C=N–C) groups is 1. The summed E-state index contributed by atoms with van der Waals surface area (Å²) in [6.07, 6.45) is -2.09. The van der Waals surface area contributed by atoms with E-state index in [4.69, 9.17) is 0 Å². The Kier molecular flexibility index (Phi) is 8.57. The molecule has 1 aromatic rings. The van der Waals surface area contributed by atoms with Gasteiger partial charge in [0.2, 0.25) is 0 Å². The van der Waals surface area contributed by atoms with Crippen LogP contribution in [0.2, 0.25) is 0 Å². The van der Waals surface area contributed by atoms with Gasteiger partial charge in [-0.25, -0.2) is 0 Å². The Hall–Kier alpha value is -1.84. The molecule has 0 radical (unpaired) electrons. The van der Waals surface area contributed by atoms with Crippen molar-refractivity contribution in [3.63, 3.8) is 0 Å². The Morgan fingerprint density at radius 1 is 1.06 bits per heavy atom. The molecule has 2 saturated heterocycles. The van der Waals surface area contributed by atoms with Gasteiger partial charge in [0, 0.05) is 58.9 Å². The predicted molar refractivity (Wildman–Crippen MR) is 118 cm³/mol. The number of nitrogens with zero attached hydrogens (tertiary/aromatic N) is 4. The van der Waals surface area contributed by atoms with E-state index in [1.165, 1.54) is 6.42 Å². The predicted octanol–water partition coefficient (Wildman–Crippen LogP) is 2.08. The van der Waals surface area contributed by atoms with Crippen molar-refractivity contribution in [2.45, 2.75) is 31.6 Å². The van der Waals surface area contributed by atoms with Crippen LogP contribution in [-0.4, -0.2) is 93.2 Å². The monoisotopic (exact) mass is 440 g/mol. The van der Waals surface area contributed by atoms with Crippen LogP contribution in [0.3, 0.4) is 0 Å². The molecule has 0 aliphatic carbocycles. The number of benzene rings is 1. The molecule has 0 bridgehead atoms. The zero-order valence-electron chi connectivity index (χ0n) is 18.6. The van der Waals surface area contributed by atoms with Crippen LogP contribution in [0, 0.1) is 0 Å². The highest BCUT2D eigenvalue weighted by molar-refractivity contribution is 5.80. The fourth-order valence-corrected chi connectivity index (χ4v) is 4.20. The molecule has 0 saturated carbocycles. The Labute approximate surface area is 183 Å². The van der Waals surface area contributed by atoms with Crippen LogP contribution in [0.5, 0.6) is 0 Å². The Morgan fingerprint density at radius 3 is 2.55 bits per heavy atom. The molecule has 1 atom stereocenters. The van der Waals surface area contributed by atoms with E-state index < -0.39 is 11.7 Å². The fourth-order valence-electron chi connectivity index (χ4n) is 4.20. The van der Waals surface area contributed by atoms with Crippen molar-refractivity contribution in [3.05, 3.63) is 35.4 Å². The molecule has 6 nitrogen and oxygen atoms in total. The van der Waals surface area contributed by atoms with Gasteiger partial charge in [-0.05, 0) is 50.7 Å². The normalized spacial score (nSPS) is 22.5. The molecule has 2 aliphatic rings. The maximum Gasteiger partial charge on any atom is 0.416 e. The van der Waals surface area contributed by atoms with E-state index in [2.05, 4.69) is 37.4 Å². The first-order chi connectivity index (χ1) is 14.8. The van der Waals surface area contributed by atoms with Gasteiger partial charge in [-0.15, -0.1) is 0 Å². The maximum atomic E-state index is 12.7. The Balaban J connectivity index is 1.38. The largest absolute Gasteiger partial charge is 0.416 e. The Morgan fingerprint density at radius 2 is 1.84 bits per heavy atom. The molecule has 2 N–H and O–H groups in total. The highest BCUT2D eigenvalue weighted by Gasteiger charge is 2.30. The smallest absolute Gasteiger partial charge is 0.355 e. The topological polar surface area (TPSA) is 46.1 Å². The molecular formula is C22H35F3N6. The number of guanidine groups is 1. The highest BCUT2D eigenvalue weighted by Crippen LogP contribution is 2.29. The summed E-state index contributed by atoms with van der Waals surface area (Å²) < 4.78 is 38.2. The van der Waals surface area contributed by atoms with Crippen molar-refractivity contribution in [1.29, 1.82) is 0 Å². The molecule has 0 amide bonds. The van der Waals surface area contributed by atoms with Crippen molar-refractivity contribution in [3.8, 4) is 0 Å². The molecule has 2 aliphatic heterocycles. The van der Waals surface area contributed by atoms with Crippen LogP contribution in [0.4, 0.5) is 13.2 Å². The lowest BCUT2D eigenvalue weighted by Crippen LogP contribution is -2.46. The van der Waals surface area contributed by atoms with Crippen LogP contribution in [0.15, 0.2) is 29.3 Å². The first-order valence-corrected chi connectivity index (χ1v) is 11.1. The van der Waals surface area contributed by atoms with Crippen molar-refractivity contribution in [2.24, 2.45) is 4.99 Å².